The highest BCUT2D eigenvalue weighted by Gasteiger charge is 2.05. The molecule has 0 saturated carbocycles. The van der Waals surface area contributed by atoms with Crippen LogP contribution in [0.4, 0.5) is 5.69 Å². The van der Waals surface area contributed by atoms with E-state index in [1.807, 2.05) is 24.3 Å². The standard InChI is InChI=1S/C12H14N4O/c1-2-5-9-6-3-4-7-10(9)15-16-11(8-13)12(14)17/h3-4,6-7,15H,2,5H2,1H3,(H2,14,17)/b16-11+. The molecule has 0 atom stereocenters. The number of anilines is 1. The van der Waals surface area contributed by atoms with E-state index in [9.17, 15) is 4.79 Å². The topological polar surface area (TPSA) is 91.3 Å². The number of rotatable bonds is 5. The Morgan fingerprint density at radius 2 is 2.24 bits per heavy atom. The summed E-state index contributed by atoms with van der Waals surface area (Å²) >= 11 is 0. The number of amides is 1. The average Bonchev–Trinajstić information content (AvgIpc) is 2.32. The van der Waals surface area contributed by atoms with Gasteiger partial charge >= 0.3 is 0 Å². The van der Waals surface area contributed by atoms with Gasteiger partial charge in [-0.15, -0.1) is 0 Å². The zero-order chi connectivity index (χ0) is 12.7. The summed E-state index contributed by atoms with van der Waals surface area (Å²) in [5, 5.41) is 12.3. The van der Waals surface area contributed by atoms with Crippen LogP contribution in [0.15, 0.2) is 29.4 Å². The first-order chi connectivity index (χ1) is 8.19. The largest absolute Gasteiger partial charge is 0.364 e. The summed E-state index contributed by atoms with van der Waals surface area (Å²) in [6.07, 6.45) is 1.90. The monoisotopic (exact) mass is 230 g/mol. The number of nitrogens with two attached hydrogens (primary N) is 1. The number of aryl methyl sites for hydroxylation is 1. The summed E-state index contributed by atoms with van der Waals surface area (Å²) in [4.78, 5) is 10.8. The summed E-state index contributed by atoms with van der Waals surface area (Å²) < 4.78 is 0. The lowest BCUT2D eigenvalue weighted by molar-refractivity contribution is -0.111. The first-order valence-electron chi connectivity index (χ1n) is 5.30. The normalized spacial score (nSPS) is 10.7. The molecule has 0 aliphatic rings. The van der Waals surface area contributed by atoms with E-state index in [1.54, 1.807) is 6.07 Å². The van der Waals surface area contributed by atoms with Crippen LogP contribution in [-0.2, 0) is 11.2 Å². The predicted octanol–water partition coefficient (Wildman–Crippen LogP) is 1.42. The second-order valence-electron chi connectivity index (χ2n) is 3.46. The van der Waals surface area contributed by atoms with Gasteiger partial charge in [-0.05, 0) is 18.1 Å². The first-order valence-corrected chi connectivity index (χ1v) is 5.30. The van der Waals surface area contributed by atoms with Gasteiger partial charge in [0.15, 0.2) is 0 Å². The number of nitrogens with one attached hydrogen (secondary N) is 1. The smallest absolute Gasteiger partial charge is 0.280 e. The molecule has 0 unspecified atom stereocenters. The third-order valence-electron chi connectivity index (χ3n) is 2.16. The summed E-state index contributed by atoms with van der Waals surface area (Å²) in [5.74, 6) is -0.840. The van der Waals surface area contributed by atoms with E-state index in [2.05, 4.69) is 17.5 Å². The van der Waals surface area contributed by atoms with Crippen molar-refractivity contribution in [3.8, 4) is 6.07 Å². The molecule has 88 valence electrons. The molecule has 0 fully saturated rings. The van der Waals surface area contributed by atoms with Crippen molar-refractivity contribution in [1.29, 1.82) is 5.26 Å². The molecular weight excluding hydrogens is 216 g/mol. The molecule has 0 bridgehead atoms. The second-order valence-corrected chi connectivity index (χ2v) is 3.46. The van der Waals surface area contributed by atoms with E-state index in [0.717, 1.165) is 24.1 Å². The lowest BCUT2D eigenvalue weighted by Gasteiger charge is -2.07. The van der Waals surface area contributed by atoms with Crippen molar-refractivity contribution >= 4 is 17.3 Å². The minimum Gasteiger partial charge on any atom is -0.364 e. The Labute approximate surface area is 99.9 Å². The van der Waals surface area contributed by atoms with Gasteiger partial charge < -0.3 is 5.73 Å². The maximum absolute atomic E-state index is 10.8. The van der Waals surface area contributed by atoms with Gasteiger partial charge in [-0.1, -0.05) is 31.5 Å². The zero-order valence-electron chi connectivity index (χ0n) is 9.60. The summed E-state index contributed by atoms with van der Waals surface area (Å²) in [6, 6.07) is 9.23. The molecule has 0 radical (unpaired) electrons. The third kappa shape index (κ3) is 3.61. The summed E-state index contributed by atoms with van der Waals surface area (Å²) in [5.41, 5.74) is 9.20. The summed E-state index contributed by atoms with van der Waals surface area (Å²) in [6.45, 7) is 2.07. The van der Waals surface area contributed by atoms with Crippen LogP contribution >= 0.6 is 0 Å². The number of hydrogen-bond donors (Lipinski definition) is 2. The highest BCUT2D eigenvalue weighted by atomic mass is 16.1. The van der Waals surface area contributed by atoms with Crippen molar-refractivity contribution < 1.29 is 4.79 Å². The van der Waals surface area contributed by atoms with E-state index in [-0.39, 0.29) is 5.71 Å². The number of hydrogen-bond acceptors (Lipinski definition) is 4. The fourth-order valence-corrected chi connectivity index (χ4v) is 1.37. The number of nitrogens with zero attached hydrogens (tertiary/aromatic N) is 2. The minimum absolute atomic E-state index is 0.337. The molecule has 1 aromatic carbocycles. The van der Waals surface area contributed by atoms with Crippen LogP contribution in [-0.4, -0.2) is 11.6 Å². The fourth-order valence-electron chi connectivity index (χ4n) is 1.37. The summed E-state index contributed by atoms with van der Waals surface area (Å²) in [7, 11) is 0. The van der Waals surface area contributed by atoms with Crippen molar-refractivity contribution in [3.05, 3.63) is 29.8 Å². The second kappa shape index (κ2) is 6.28. The molecule has 1 rings (SSSR count). The quantitative estimate of drug-likeness (QED) is 0.591. The molecule has 1 aromatic rings. The van der Waals surface area contributed by atoms with Gasteiger partial charge in [0.1, 0.15) is 6.07 Å². The van der Waals surface area contributed by atoms with Gasteiger partial charge in [-0.25, -0.2) is 0 Å². The third-order valence-corrected chi connectivity index (χ3v) is 2.16. The lowest BCUT2D eigenvalue weighted by atomic mass is 10.1. The number of nitriles is 1. The predicted molar refractivity (Wildman–Crippen MR) is 66.3 cm³/mol. The number of primary amides is 1. The van der Waals surface area contributed by atoms with E-state index >= 15 is 0 Å². The van der Waals surface area contributed by atoms with Gasteiger partial charge in [-0.3, -0.25) is 10.2 Å². The Kier molecular flexibility index (Phi) is 4.70. The Hall–Kier alpha value is -2.35. The Morgan fingerprint density at radius 3 is 2.82 bits per heavy atom. The van der Waals surface area contributed by atoms with Crippen LogP contribution in [0.25, 0.3) is 0 Å². The SMILES string of the molecule is CCCc1ccccc1N/N=C(\C#N)C(N)=O. The van der Waals surface area contributed by atoms with Gasteiger partial charge in [-0.2, -0.15) is 10.4 Å². The van der Waals surface area contributed by atoms with Crippen LogP contribution in [0.5, 0.6) is 0 Å². The van der Waals surface area contributed by atoms with Crippen LogP contribution in [0, 0.1) is 11.3 Å². The molecule has 0 aliphatic heterocycles. The maximum Gasteiger partial charge on any atom is 0.280 e. The minimum atomic E-state index is -0.840. The molecular formula is C12H14N4O. The maximum atomic E-state index is 10.8. The van der Waals surface area contributed by atoms with E-state index < -0.39 is 5.91 Å². The number of para-hydroxylation sites is 1. The average molecular weight is 230 g/mol. The van der Waals surface area contributed by atoms with E-state index in [0.29, 0.717) is 0 Å². The van der Waals surface area contributed by atoms with Crippen molar-refractivity contribution in [2.75, 3.05) is 5.43 Å². The fraction of sp³-hybridized carbons (Fsp3) is 0.250. The Balaban J connectivity index is 2.89. The molecule has 1 amide bonds. The molecule has 0 aromatic heterocycles. The van der Waals surface area contributed by atoms with E-state index in [4.69, 9.17) is 11.0 Å². The van der Waals surface area contributed by atoms with Gasteiger partial charge in [0.25, 0.3) is 5.91 Å². The van der Waals surface area contributed by atoms with E-state index in [1.165, 1.54) is 0 Å². The van der Waals surface area contributed by atoms with Gasteiger partial charge in [0.05, 0.1) is 5.69 Å². The number of hydrazone groups is 1. The molecule has 3 N–H and O–H groups in total. The highest BCUT2D eigenvalue weighted by molar-refractivity contribution is 6.44. The molecule has 0 aliphatic carbocycles. The van der Waals surface area contributed by atoms with Gasteiger partial charge in [0.2, 0.25) is 5.71 Å². The lowest BCUT2D eigenvalue weighted by Crippen LogP contribution is -2.22. The van der Waals surface area contributed by atoms with Crippen molar-refractivity contribution in [2.45, 2.75) is 19.8 Å². The van der Waals surface area contributed by atoms with Crippen LogP contribution in [0.3, 0.4) is 0 Å². The molecule has 0 heterocycles. The zero-order valence-corrected chi connectivity index (χ0v) is 9.60. The van der Waals surface area contributed by atoms with Gasteiger partial charge in [0, 0.05) is 0 Å². The molecule has 0 saturated heterocycles. The van der Waals surface area contributed by atoms with Crippen LogP contribution in [0.1, 0.15) is 18.9 Å². The van der Waals surface area contributed by atoms with Crippen LogP contribution in [0.2, 0.25) is 0 Å². The number of benzene rings is 1. The van der Waals surface area contributed by atoms with Crippen LogP contribution < -0.4 is 11.2 Å². The molecule has 5 heteroatoms. The first kappa shape index (κ1) is 12.7. The number of carbonyl (C=O) groups is 1. The number of carbonyl (C=O) groups excluding carboxylic acids is 1. The molecule has 0 spiro atoms. The molecule has 17 heavy (non-hydrogen) atoms. The Bertz CT molecular complexity index is 474. The highest BCUT2D eigenvalue weighted by Crippen LogP contribution is 2.16. The van der Waals surface area contributed by atoms with Crippen molar-refractivity contribution in [2.24, 2.45) is 10.8 Å². The van der Waals surface area contributed by atoms with Crippen molar-refractivity contribution in [3.63, 3.8) is 0 Å². The molecule has 5 nitrogen and oxygen atoms in total. The Morgan fingerprint density at radius 1 is 1.53 bits per heavy atom. The van der Waals surface area contributed by atoms with Crippen molar-refractivity contribution in [1.82, 2.24) is 0 Å².